The molecule has 2 bridgehead atoms. The lowest BCUT2D eigenvalue weighted by Gasteiger charge is -2.33. The molecule has 2 heterocycles. The molecule has 19 heavy (non-hydrogen) atoms. The van der Waals surface area contributed by atoms with Crippen molar-refractivity contribution in [3.63, 3.8) is 0 Å². The lowest BCUT2D eigenvalue weighted by atomic mass is 9.89. The standard InChI is InChI=1S/C13H22N2O4/c1-8(2)14(5-6-16)13(19)15-9-3-4-11(15)10(7-9)12(17)18/h8-11,16H,3-7H2,1-2H3,(H,17,18). The molecule has 0 aromatic carbocycles. The Morgan fingerprint density at radius 3 is 2.53 bits per heavy atom. The highest BCUT2D eigenvalue weighted by atomic mass is 16.4. The van der Waals surface area contributed by atoms with Crippen molar-refractivity contribution in [2.45, 2.75) is 51.2 Å². The average Bonchev–Trinajstić information content (AvgIpc) is 2.92. The van der Waals surface area contributed by atoms with E-state index in [9.17, 15) is 14.7 Å². The van der Waals surface area contributed by atoms with Crippen molar-refractivity contribution in [2.75, 3.05) is 13.2 Å². The van der Waals surface area contributed by atoms with Gasteiger partial charge in [-0.1, -0.05) is 0 Å². The number of carbonyl (C=O) groups excluding carboxylic acids is 1. The van der Waals surface area contributed by atoms with Crippen LogP contribution in [0.5, 0.6) is 0 Å². The number of nitrogens with zero attached hydrogens (tertiary/aromatic N) is 2. The number of aliphatic hydroxyl groups is 1. The molecule has 0 aromatic rings. The Bertz CT molecular complexity index is 372. The monoisotopic (exact) mass is 270 g/mol. The van der Waals surface area contributed by atoms with Crippen LogP contribution in [0.4, 0.5) is 4.79 Å². The summed E-state index contributed by atoms with van der Waals surface area (Å²) in [5.74, 6) is -1.23. The molecule has 108 valence electrons. The fourth-order valence-corrected chi connectivity index (χ4v) is 3.38. The van der Waals surface area contributed by atoms with Crippen LogP contribution < -0.4 is 0 Å². The highest BCUT2D eigenvalue weighted by Crippen LogP contribution is 2.42. The molecule has 0 radical (unpaired) electrons. The van der Waals surface area contributed by atoms with Gasteiger partial charge >= 0.3 is 12.0 Å². The van der Waals surface area contributed by atoms with Gasteiger partial charge in [-0.2, -0.15) is 0 Å². The van der Waals surface area contributed by atoms with Crippen molar-refractivity contribution in [3.8, 4) is 0 Å². The van der Waals surface area contributed by atoms with Crippen molar-refractivity contribution >= 4 is 12.0 Å². The van der Waals surface area contributed by atoms with Gasteiger partial charge in [0.15, 0.2) is 0 Å². The maximum Gasteiger partial charge on any atom is 0.320 e. The van der Waals surface area contributed by atoms with Crippen molar-refractivity contribution in [2.24, 2.45) is 5.92 Å². The maximum absolute atomic E-state index is 12.6. The number of aliphatic carboxylic acids is 1. The molecule has 2 rings (SSSR count). The first-order valence-electron chi connectivity index (χ1n) is 6.90. The van der Waals surface area contributed by atoms with Crippen LogP contribution in [0.15, 0.2) is 0 Å². The van der Waals surface area contributed by atoms with E-state index in [2.05, 4.69) is 0 Å². The van der Waals surface area contributed by atoms with Crippen LogP contribution in [0, 0.1) is 5.92 Å². The predicted molar refractivity (Wildman–Crippen MR) is 68.7 cm³/mol. The Labute approximate surface area is 113 Å². The minimum atomic E-state index is -0.803. The van der Waals surface area contributed by atoms with Crippen molar-refractivity contribution < 1.29 is 19.8 Å². The number of urea groups is 1. The Balaban J connectivity index is 2.13. The molecular formula is C13H22N2O4. The predicted octanol–water partition coefficient (Wildman–Crippen LogP) is 0.747. The Hall–Kier alpha value is -1.30. The number of carboxylic acids is 1. The van der Waals surface area contributed by atoms with E-state index >= 15 is 0 Å². The van der Waals surface area contributed by atoms with Gasteiger partial charge in [-0.05, 0) is 33.1 Å². The second kappa shape index (κ2) is 5.36. The maximum atomic E-state index is 12.6. The van der Waals surface area contributed by atoms with E-state index in [1.807, 2.05) is 13.8 Å². The summed E-state index contributed by atoms with van der Waals surface area (Å²) >= 11 is 0. The van der Waals surface area contributed by atoms with Gasteiger partial charge in [0.25, 0.3) is 0 Å². The lowest BCUT2D eigenvalue weighted by Crippen LogP contribution is -2.50. The molecule has 2 fully saturated rings. The van der Waals surface area contributed by atoms with Gasteiger partial charge in [0.1, 0.15) is 0 Å². The topological polar surface area (TPSA) is 81.1 Å². The molecular weight excluding hydrogens is 248 g/mol. The van der Waals surface area contributed by atoms with E-state index < -0.39 is 11.9 Å². The summed E-state index contributed by atoms with van der Waals surface area (Å²) < 4.78 is 0. The number of rotatable bonds is 4. The summed E-state index contributed by atoms with van der Waals surface area (Å²) in [6, 6.07) is -0.239. The smallest absolute Gasteiger partial charge is 0.320 e. The summed E-state index contributed by atoms with van der Waals surface area (Å²) in [5.41, 5.74) is 0. The van der Waals surface area contributed by atoms with E-state index in [1.54, 1.807) is 9.80 Å². The van der Waals surface area contributed by atoms with Gasteiger partial charge in [0.05, 0.1) is 12.5 Å². The molecule has 0 aromatic heterocycles. The Morgan fingerprint density at radius 1 is 1.37 bits per heavy atom. The summed E-state index contributed by atoms with van der Waals surface area (Å²) in [4.78, 5) is 27.1. The number of aliphatic hydroxyl groups excluding tert-OH is 1. The van der Waals surface area contributed by atoms with Crippen LogP contribution in [0.2, 0.25) is 0 Å². The van der Waals surface area contributed by atoms with Crippen LogP contribution in [-0.2, 0) is 4.79 Å². The molecule has 0 saturated carbocycles. The molecule has 6 nitrogen and oxygen atoms in total. The van der Waals surface area contributed by atoms with Crippen molar-refractivity contribution in [3.05, 3.63) is 0 Å². The summed E-state index contributed by atoms with van der Waals surface area (Å²) in [6.07, 6.45) is 2.24. The van der Waals surface area contributed by atoms with Crippen LogP contribution in [-0.4, -0.2) is 63.3 Å². The number of fused-ring (bicyclic) bond motifs is 2. The fourth-order valence-electron chi connectivity index (χ4n) is 3.38. The largest absolute Gasteiger partial charge is 0.481 e. The van der Waals surface area contributed by atoms with Crippen molar-refractivity contribution in [1.82, 2.24) is 9.80 Å². The number of carbonyl (C=O) groups is 2. The molecule has 3 unspecified atom stereocenters. The highest BCUT2D eigenvalue weighted by molar-refractivity contribution is 5.79. The first kappa shape index (κ1) is 14.1. The minimum absolute atomic E-state index is 0.00271. The zero-order valence-electron chi connectivity index (χ0n) is 11.5. The summed E-state index contributed by atoms with van der Waals surface area (Å²) in [6.45, 7) is 4.03. The third-order valence-corrected chi connectivity index (χ3v) is 4.28. The van der Waals surface area contributed by atoms with Gasteiger partial charge < -0.3 is 20.0 Å². The number of hydrogen-bond acceptors (Lipinski definition) is 3. The SMILES string of the molecule is CC(C)N(CCO)C(=O)N1C2CCC1C(C(=O)O)C2. The van der Waals surface area contributed by atoms with Crippen LogP contribution >= 0.6 is 0 Å². The molecule has 2 aliphatic rings. The molecule has 2 amide bonds. The molecule has 2 aliphatic heterocycles. The quantitative estimate of drug-likeness (QED) is 0.789. The first-order chi connectivity index (χ1) is 8.97. The van der Waals surface area contributed by atoms with Crippen molar-refractivity contribution in [1.29, 1.82) is 0 Å². The van der Waals surface area contributed by atoms with Gasteiger partial charge in [-0.15, -0.1) is 0 Å². The summed E-state index contributed by atoms with van der Waals surface area (Å²) in [5, 5.41) is 18.3. The Morgan fingerprint density at radius 2 is 2.05 bits per heavy atom. The molecule has 6 heteroatoms. The number of amides is 2. The second-order valence-corrected chi connectivity index (χ2v) is 5.68. The van der Waals surface area contributed by atoms with E-state index in [-0.39, 0.29) is 30.8 Å². The molecule has 3 atom stereocenters. The third kappa shape index (κ3) is 2.41. The Kier molecular flexibility index (Phi) is 3.99. The van der Waals surface area contributed by atoms with Gasteiger partial charge in [0.2, 0.25) is 0 Å². The zero-order chi connectivity index (χ0) is 14.2. The number of carboxylic acid groups (broad SMARTS) is 1. The second-order valence-electron chi connectivity index (χ2n) is 5.68. The fraction of sp³-hybridized carbons (Fsp3) is 0.846. The number of hydrogen-bond donors (Lipinski definition) is 2. The van der Waals surface area contributed by atoms with Gasteiger partial charge in [-0.3, -0.25) is 4.79 Å². The van der Waals surface area contributed by atoms with E-state index in [0.29, 0.717) is 13.0 Å². The molecule has 0 spiro atoms. The van der Waals surface area contributed by atoms with E-state index in [4.69, 9.17) is 5.11 Å². The molecule has 0 aliphatic carbocycles. The first-order valence-corrected chi connectivity index (χ1v) is 6.90. The van der Waals surface area contributed by atoms with Crippen LogP contribution in [0.25, 0.3) is 0 Å². The minimum Gasteiger partial charge on any atom is -0.481 e. The molecule has 2 N–H and O–H groups in total. The summed E-state index contributed by atoms with van der Waals surface area (Å²) in [7, 11) is 0. The van der Waals surface area contributed by atoms with Gasteiger partial charge in [0, 0.05) is 24.7 Å². The lowest BCUT2D eigenvalue weighted by molar-refractivity contribution is -0.142. The normalized spacial score (nSPS) is 29.1. The van der Waals surface area contributed by atoms with Crippen LogP contribution in [0.1, 0.15) is 33.1 Å². The third-order valence-electron chi connectivity index (χ3n) is 4.28. The van der Waals surface area contributed by atoms with Crippen LogP contribution in [0.3, 0.4) is 0 Å². The van der Waals surface area contributed by atoms with Gasteiger partial charge in [-0.25, -0.2) is 4.79 Å². The van der Waals surface area contributed by atoms with E-state index in [0.717, 1.165) is 12.8 Å². The average molecular weight is 270 g/mol. The molecule has 2 saturated heterocycles. The highest BCUT2D eigenvalue weighted by Gasteiger charge is 2.52. The zero-order valence-corrected chi connectivity index (χ0v) is 11.5. The van der Waals surface area contributed by atoms with E-state index in [1.165, 1.54) is 0 Å².